The highest BCUT2D eigenvalue weighted by atomic mass is 19.1. The van der Waals surface area contributed by atoms with Crippen LogP contribution in [0.1, 0.15) is 32.1 Å². The van der Waals surface area contributed by atoms with Gasteiger partial charge in [0, 0.05) is 24.9 Å². The first kappa shape index (κ1) is 15.6. The molecule has 0 aliphatic heterocycles. The van der Waals surface area contributed by atoms with Gasteiger partial charge in [-0.15, -0.1) is 0 Å². The topological polar surface area (TPSA) is 66.9 Å². The third-order valence-electron chi connectivity index (χ3n) is 4.30. The molecule has 5 nitrogen and oxygen atoms in total. The second kappa shape index (κ2) is 7.35. The summed E-state index contributed by atoms with van der Waals surface area (Å²) in [4.78, 5) is 20.0. The fourth-order valence-electron chi connectivity index (χ4n) is 3.12. The first-order valence-corrected chi connectivity index (χ1v) is 8.14. The number of amides is 1. The van der Waals surface area contributed by atoms with Gasteiger partial charge >= 0.3 is 0 Å². The molecule has 1 aromatic carbocycles. The zero-order valence-corrected chi connectivity index (χ0v) is 13.0. The van der Waals surface area contributed by atoms with Crippen LogP contribution in [-0.2, 0) is 4.79 Å². The number of para-hydroxylation sites is 1. The Labute approximate surface area is 134 Å². The number of rotatable bonds is 6. The number of nitrogens with zero attached hydrogens (tertiary/aromatic N) is 2. The zero-order chi connectivity index (χ0) is 16.1. The van der Waals surface area contributed by atoms with Crippen LogP contribution in [0.3, 0.4) is 0 Å². The molecule has 1 aliphatic rings. The molecule has 3 rings (SSSR count). The first-order valence-electron chi connectivity index (χ1n) is 8.14. The van der Waals surface area contributed by atoms with Gasteiger partial charge in [-0.3, -0.25) is 4.79 Å². The van der Waals surface area contributed by atoms with Crippen LogP contribution in [0.2, 0.25) is 0 Å². The van der Waals surface area contributed by atoms with Gasteiger partial charge in [-0.1, -0.05) is 18.9 Å². The van der Waals surface area contributed by atoms with E-state index < -0.39 is 0 Å². The highest BCUT2D eigenvalue weighted by molar-refractivity contribution is 5.89. The monoisotopic (exact) mass is 316 g/mol. The van der Waals surface area contributed by atoms with Crippen molar-refractivity contribution in [3.8, 4) is 0 Å². The average Bonchev–Trinajstić information content (AvgIpc) is 3.05. The van der Waals surface area contributed by atoms with Crippen molar-refractivity contribution >= 4 is 22.6 Å². The van der Waals surface area contributed by atoms with Crippen molar-refractivity contribution < 1.29 is 9.18 Å². The third kappa shape index (κ3) is 3.94. The van der Waals surface area contributed by atoms with E-state index in [9.17, 15) is 9.18 Å². The van der Waals surface area contributed by atoms with Crippen LogP contribution in [0.4, 0.5) is 10.2 Å². The van der Waals surface area contributed by atoms with Crippen molar-refractivity contribution in [2.45, 2.75) is 32.1 Å². The van der Waals surface area contributed by atoms with Gasteiger partial charge in [0.25, 0.3) is 0 Å². The average molecular weight is 316 g/mol. The van der Waals surface area contributed by atoms with Gasteiger partial charge in [0.2, 0.25) is 5.91 Å². The first-order chi connectivity index (χ1) is 11.2. The number of anilines is 1. The number of hydrogen-bond donors (Lipinski definition) is 2. The summed E-state index contributed by atoms with van der Waals surface area (Å²) >= 11 is 0. The molecule has 1 aliphatic carbocycles. The summed E-state index contributed by atoms with van der Waals surface area (Å²) in [7, 11) is 0. The summed E-state index contributed by atoms with van der Waals surface area (Å²) in [5.41, 5.74) is 0.301. The van der Waals surface area contributed by atoms with Crippen LogP contribution in [0.25, 0.3) is 10.9 Å². The number of carbonyl (C=O) groups is 1. The SMILES string of the molecule is O=C(CC1CCCC1)NCCNc1ncnc2c(F)cccc12. The molecule has 122 valence electrons. The molecular weight excluding hydrogens is 295 g/mol. The summed E-state index contributed by atoms with van der Waals surface area (Å²) in [5, 5.41) is 6.70. The summed E-state index contributed by atoms with van der Waals surface area (Å²) in [6, 6.07) is 4.79. The summed E-state index contributed by atoms with van der Waals surface area (Å²) < 4.78 is 13.7. The molecule has 0 spiro atoms. The third-order valence-corrected chi connectivity index (χ3v) is 4.30. The Bertz CT molecular complexity index is 685. The lowest BCUT2D eigenvalue weighted by Gasteiger charge is -2.11. The van der Waals surface area contributed by atoms with E-state index in [1.807, 2.05) is 0 Å². The molecule has 0 saturated heterocycles. The Kier molecular flexibility index (Phi) is 5.00. The fraction of sp³-hybridized carbons (Fsp3) is 0.471. The van der Waals surface area contributed by atoms with Crippen LogP contribution in [0, 0.1) is 11.7 Å². The zero-order valence-electron chi connectivity index (χ0n) is 13.0. The highest BCUT2D eigenvalue weighted by Gasteiger charge is 2.17. The maximum absolute atomic E-state index is 13.7. The number of hydrogen-bond acceptors (Lipinski definition) is 4. The quantitative estimate of drug-likeness (QED) is 0.804. The summed E-state index contributed by atoms with van der Waals surface area (Å²) in [6.45, 7) is 1.06. The van der Waals surface area contributed by atoms with Crippen molar-refractivity contribution in [3.63, 3.8) is 0 Å². The minimum atomic E-state index is -0.363. The Morgan fingerprint density at radius 3 is 2.87 bits per heavy atom. The van der Waals surface area contributed by atoms with Crippen molar-refractivity contribution in [1.29, 1.82) is 0 Å². The Morgan fingerprint density at radius 1 is 1.22 bits per heavy atom. The molecule has 0 radical (unpaired) electrons. The number of carbonyl (C=O) groups excluding carboxylic acids is 1. The molecule has 1 fully saturated rings. The lowest BCUT2D eigenvalue weighted by atomic mass is 10.0. The van der Waals surface area contributed by atoms with E-state index in [4.69, 9.17) is 0 Å². The van der Waals surface area contributed by atoms with Crippen LogP contribution in [0.5, 0.6) is 0 Å². The Balaban J connectivity index is 1.49. The fourth-order valence-corrected chi connectivity index (χ4v) is 3.12. The Hall–Kier alpha value is -2.24. The van der Waals surface area contributed by atoms with Crippen molar-refractivity contribution in [2.75, 3.05) is 18.4 Å². The molecule has 1 saturated carbocycles. The van der Waals surface area contributed by atoms with Crippen LogP contribution in [-0.4, -0.2) is 29.0 Å². The maximum atomic E-state index is 13.7. The van der Waals surface area contributed by atoms with E-state index in [1.54, 1.807) is 12.1 Å². The predicted molar refractivity (Wildman–Crippen MR) is 87.6 cm³/mol. The maximum Gasteiger partial charge on any atom is 0.220 e. The molecule has 0 atom stereocenters. The molecular formula is C17H21FN4O. The number of benzene rings is 1. The Morgan fingerprint density at radius 2 is 2.04 bits per heavy atom. The van der Waals surface area contributed by atoms with Gasteiger partial charge in [-0.25, -0.2) is 14.4 Å². The predicted octanol–water partition coefficient (Wildman–Crippen LogP) is 2.88. The van der Waals surface area contributed by atoms with Gasteiger partial charge in [0.15, 0.2) is 0 Å². The van der Waals surface area contributed by atoms with Gasteiger partial charge < -0.3 is 10.6 Å². The van der Waals surface area contributed by atoms with E-state index in [1.165, 1.54) is 38.1 Å². The number of nitrogens with one attached hydrogen (secondary N) is 2. The highest BCUT2D eigenvalue weighted by Crippen LogP contribution is 2.27. The molecule has 1 amide bonds. The summed E-state index contributed by atoms with van der Waals surface area (Å²) in [5.74, 6) is 0.881. The van der Waals surface area contributed by atoms with E-state index in [-0.39, 0.29) is 11.7 Å². The van der Waals surface area contributed by atoms with Gasteiger partial charge in [0.05, 0.1) is 0 Å². The standard InChI is InChI=1S/C17H21FN4O/c18-14-7-3-6-13-16(14)21-11-22-17(13)20-9-8-19-15(23)10-12-4-1-2-5-12/h3,6-7,11-12H,1-2,4-5,8-10H2,(H,19,23)(H,20,21,22). The van der Waals surface area contributed by atoms with Crippen LogP contribution in [0.15, 0.2) is 24.5 Å². The molecule has 0 bridgehead atoms. The minimum Gasteiger partial charge on any atom is -0.368 e. The van der Waals surface area contributed by atoms with Crippen LogP contribution >= 0.6 is 0 Å². The van der Waals surface area contributed by atoms with Gasteiger partial charge in [-0.2, -0.15) is 0 Å². The molecule has 2 aromatic rings. The van der Waals surface area contributed by atoms with Crippen molar-refractivity contribution in [2.24, 2.45) is 5.92 Å². The lowest BCUT2D eigenvalue weighted by molar-refractivity contribution is -0.121. The molecule has 6 heteroatoms. The second-order valence-electron chi connectivity index (χ2n) is 5.99. The van der Waals surface area contributed by atoms with Crippen LogP contribution < -0.4 is 10.6 Å². The van der Waals surface area contributed by atoms with Crippen molar-refractivity contribution in [3.05, 3.63) is 30.3 Å². The van der Waals surface area contributed by atoms with E-state index >= 15 is 0 Å². The lowest BCUT2D eigenvalue weighted by Crippen LogP contribution is -2.30. The largest absolute Gasteiger partial charge is 0.368 e. The van der Waals surface area contributed by atoms with E-state index in [0.717, 1.165) is 0 Å². The van der Waals surface area contributed by atoms with Gasteiger partial charge in [0.1, 0.15) is 23.5 Å². The van der Waals surface area contributed by atoms with Gasteiger partial charge in [-0.05, 0) is 30.9 Å². The number of aromatic nitrogens is 2. The van der Waals surface area contributed by atoms with E-state index in [0.29, 0.717) is 42.1 Å². The smallest absolute Gasteiger partial charge is 0.220 e. The molecule has 1 heterocycles. The van der Waals surface area contributed by atoms with Crippen molar-refractivity contribution in [1.82, 2.24) is 15.3 Å². The molecule has 23 heavy (non-hydrogen) atoms. The summed E-state index contributed by atoms with van der Waals surface area (Å²) in [6.07, 6.45) is 6.80. The number of halogens is 1. The van der Waals surface area contributed by atoms with E-state index in [2.05, 4.69) is 20.6 Å². The molecule has 2 N–H and O–H groups in total. The molecule has 1 aromatic heterocycles. The molecule has 0 unspecified atom stereocenters. The minimum absolute atomic E-state index is 0.109. The second-order valence-corrected chi connectivity index (χ2v) is 5.99. The number of fused-ring (bicyclic) bond motifs is 1. The normalized spacial score (nSPS) is 15.0.